The monoisotopic (exact) mass is 355 g/mol. The Morgan fingerprint density at radius 2 is 2.05 bits per heavy atom. The lowest BCUT2D eigenvalue weighted by atomic mass is 10.2. The molecule has 0 radical (unpaired) electrons. The molecule has 0 atom stereocenters. The fourth-order valence-corrected chi connectivity index (χ4v) is 2.31. The number of carbonyl (C=O) groups is 1. The first kappa shape index (κ1) is 14.9. The number of hydrogen-bond acceptors (Lipinski definition) is 3. The summed E-state index contributed by atoms with van der Waals surface area (Å²) in [4.78, 5) is 12.6. The summed E-state index contributed by atoms with van der Waals surface area (Å²) in [7, 11) is 1.53. The minimum atomic E-state index is -0.595. The molecule has 20 heavy (non-hydrogen) atoms. The van der Waals surface area contributed by atoms with E-state index in [1.165, 1.54) is 25.3 Å². The Hall–Kier alpha value is -1.53. The van der Waals surface area contributed by atoms with Gasteiger partial charge in [0.05, 0.1) is 12.7 Å². The molecule has 1 amide bonds. The number of halogens is 2. The molecule has 0 aromatic heterocycles. The van der Waals surface area contributed by atoms with E-state index in [1.54, 1.807) is 18.2 Å². The van der Waals surface area contributed by atoms with Crippen LogP contribution in [-0.2, 0) is 0 Å². The maximum atomic E-state index is 13.6. The van der Waals surface area contributed by atoms with E-state index in [4.69, 9.17) is 4.74 Å². The molecule has 0 unspecified atom stereocenters. The molecule has 0 saturated carbocycles. The van der Waals surface area contributed by atoms with Crippen LogP contribution in [0.4, 0.5) is 10.1 Å². The number of benzene rings is 2. The minimum absolute atomic E-state index is 0.0588. The van der Waals surface area contributed by atoms with Crippen molar-refractivity contribution in [2.24, 2.45) is 0 Å². The second-order valence-electron chi connectivity index (χ2n) is 4.00. The van der Waals surface area contributed by atoms with E-state index in [2.05, 4.69) is 33.9 Å². The first-order valence-corrected chi connectivity index (χ1v) is 6.88. The van der Waals surface area contributed by atoms with E-state index in [0.717, 1.165) is 4.47 Å². The Kier molecular flexibility index (Phi) is 4.67. The van der Waals surface area contributed by atoms with Crippen LogP contribution in [0, 0.1) is 5.82 Å². The lowest BCUT2D eigenvalue weighted by Crippen LogP contribution is -2.13. The topological polar surface area (TPSA) is 38.3 Å². The lowest BCUT2D eigenvalue weighted by molar-refractivity contribution is 0.102. The number of nitrogens with one attached hydrogen (secondary N) is 1. The highest BCUT2D eigenvalue weighted by Crippen LogP contribution is 2.25. The van der Waals surface area contributed by atoms with Gasteiger partial charge in [0.25, 0.3) is 5.91 Å². The van der Waals surface area contributed by atoms with Crippen LogP contribution in [0.5, 0.6) is 5.75 Å². The second kappa shape index (κ2) is 6.28. The average molecular weight is 356 g/mol. The predicted octanol–water partition coefficient (Wildman–Crippen LogP) is 4.14. The molecule has 0 spiro atoms. The molecule has 6 heteroatoms. The van der Waals surface area contributed by atoms with E-state index in [9.17, 15) is 9.18 Å². The lowest BCUT2D eigenvalue weighted by Gasteiger charge is -2.09. The van der Waals surface area contributed by atoms with Gasteiger partial charge < -0.3 is 10.1 Å². The third kappa shape index (κ3) is 3.52. The Morgan fingerprint density at radius 1 is 1.30 bits per heavy atom. The van der Waals surface area contributed by atoms with Gasteiger partial charge >= 0.3 is 0 Å². The van der Waals surface area contributed by atoms with Crippen molar-refractivity contribution in [3.05, 3.63) is 52.3 Å². The molecular formula is C14H11BrFNO2S. The van der Waals surface area contributed by atoms with Crippen molar-refractivity contribution >= 4 is 40.2 Å². The van der Waals surface area contributed by atoms with Gasteiger partial charge in [-0.1, -0.05) is 15.9 Å². The summed E-state index contributed by atoms with van der Waals surface area (Å²) in [6, 6.07) is 9.16. The molecule has 0 bridgehead atoms. The van der Waals surface area contributed by atoms with E-state index >= 15 is 0 Å². The quantitative estimate of drug-likeness (QED) is 0.812. The highest BCUT2D eigenvalue weighted by Gasteiger charge is 2.13. The van der Waals surface area contributed by atoms with Crippen LogP contribution in [0.3, 0.4) is 0 Å². The predicted molar refractivity (Wildman–Crippen MR) is 82.3 cm³/mol. The van der Waals surface area contributed by atoms with Gasteiger partial charge in [-0.05, 0) is 30.3 Å². The molecule has 2 rings (SSSR count). The SMILES string of the molecule is COc1cc(Br)cc(NC(=O)c2cc(S)ccc2F)c1. The van der Waals surface area contributed by atoms with Crippen LogP contribution in [0.25, 0.3) is 0 Å². The van der Waals surface area contributed by atoms with Gasteiger partial charge in [0.15, 0.2) is 0 Å². The van der Waals surface area contributed by atoms with Crippen LogP contribution in [-0.4, -0.2) is 13.0 Å². The Morgan fingerprint density at radius 3 is 2.75 bits per heavy atom. The van der Waals surface area contributed by atoms with E-state index < -0.39 is 11.7 Å². The van der Waals surface area contributed by atoms with E-state index in [0.29, 0.717) is 16.3 Å². The molecular weight excluding hydrogens is 345 g/mol. The van der Waals surface area contributed by atoms with Gasteiger partial charge in [-0.15, -0.1) is 12.6 Å². The zero-order chi connectivity index (χ0) is 14.7. The first-order valence-electron chi connectivity index (χ1n) is 5.64. The van der Waals surface area contributed by atoms with Gasteiger partial charge in [0.1, 0.15) is 11.6 Å². The van der Waals surface area contributed by atoms with Crippen molar-refractivity contribution in [1.29, 1.82) is 0 Å². The normalized spacial score (nSPS) is 10.2. The van der Waals surface area contributed by atoms with Gasteiger partial charge in [-0.2, -0.15) is 0 Å². The number of methoxy groups -OCH3 is 1. The Balaban J connectivity index is 2.27. The van der Waals surface area contributed by atoms with Crippen molar-refractivity contribution < 1.29 is 13.9 Å². The third-order valence-corrected chi connectivity index (χ3v) is 3.30. The second-order valence-corrected chi connectivity index (χ2v) is 5.43. The molecule has 3 nitrogen and oxygen atoms in total. The minimum Gasteiger partial charge on any atom is -0.497 e. The molecule has 2 aromatic carbocycles. The number of ether oxygens (including phenoxy) is 1. The third-order valence-electron chi connectivity index (χ3n) is 2.56. The zero-order valence-electron chi connectivity index (χ0n) is 10.5. The summed E-state index contributed by atoms with van der Waals surface area (Å²) >= 11 is 7.40. The molecule has 1 N–H and O–H groups in total. The van der Waals surface area contributed by atoms with Crippen molar-refractivity contribution in [3.8, 4) is 5.75 Å². The summed E-state index contributed by atoms with van der Waals surface area (Å²) in [6.45, 7) is 0. The van der Waals surface area contributed by atoms with Crippen molar-refractivity contribution in [3.63, 3.8) is 0 Å². The summed E-state index contributed by atoms with van der Waals surface area (Å²) in [5.41, 5.74) is 0.446. The van der Waals surface area contributed by atoms with Crippen LogP contribution in [0.1, 0.15) is 10.4 Å². The Labute approximate surface area is 129 Å². The van der Waals surface area contributed by atoms with Crippen LogP contribution in [0.2, 0.25) is 0 Å². The summed E-state index contributed by atoms with van der Waals surface area (Å²) in [5, 5.41) is 2.62. The largest absolute Gasteiger partial charge is 0.497 e. The number of carbonyl (C=O) groups excluding carboxylic acids is 1. The smallest absolute Gasteiger partial charge is 0.258 e. The van der Waals surface area contributed by atoms with Crippen LogP contribution < -0.4 is 10.1 Å². The summed E-state index contributed by atoms with van der Waals surface area (Å²) in [6.07, 6.45) is 0. The standard InChI is InChI=1S/C14H11BrFNO2S/c1-19-10-5-8(15)4-9(6-10)17-14(18)12-7-11(20)2-3-13(12)16/h2-7,20H,1H3,(H,17,18). The van der Waals surface area contributed by atoms with Crippen molar-refractivity contribution in [2.45, 2.75) is 4.90 Å². The van der Waals surface area contributed by atoms with Crippen molar-refractivity contribution in [1.82, 2.24) is 0 Å². The number of rotatable bonds is 3. The average Bonchev–Trinajstić information content (AvgIpc) is 2.40. The van der Waals surface area contributed by atoms with Crippen LogP contribution >= 0.6 is 28.6 Å². The fourth-order valence-electron chi connectivity index (χ4n) is 1.64. The molecule has 0 aliphatic carbocycles. The van der Waals surface area contributed by atoms with Gasteiger partial charge in [-0.25, -0.2) is 4.39 Å². The highest BCUT2D eigenvalue weighted by atomic mass is 79.9. The molecule has 0 saturated heterocycles. The van der Waals surface area contributed by atoms with Crippen molar-refractivity contribution in [2.75, 3.05) is 12.4 Å². The maximum Gasteiger partial charge on any atom is 0.258 e. The van der Waals surface area contributed by atoms with Gasteiger partial charge in [0, 0.05) is 21.1 Å². The maximum absolute atomic E-state index is 13.6. The van der Waals surface area contributed by atoms with Gasteiger partial charge in [0.2, 0.25) is 0 Å². The number of amides is 1. The number of anilines is 1. The molecule has 0 fully saturated rings. The molecule has 2 aromatic rings. The number of thiol groups is 1. The zero-order valence-corrected chi connectivity index (χ0v) is 13.0. The van der Waals surface area contributed by atoms with Crippen LogP contribution in [0.15, 0.2) is 45.8 Å². The highest BCUT2D eigenvalue weighted by molar-refractivity contribution is 9.10. The Bertz CT molecular complexity index is 664. The molecule has 104 valence electrons. The molecule has 0 heterocycles. The molecule has 0 aliphatic rings. The molecule has 0 aliphatic heterocycles. The fraction of sp³-hybridized carbons (Fsp3) is 0.0714. The summed E-state index contributed by atoms with van der Waals surface area (Å²) < 4.78 is 19.5. The number of hydrogen-bond donors (Lipinski definition) is 2. The van der Waals surface area contributed by atoms with E-state index in [-0.39, 0.29) is 5.56 Å². The first-order chi connectivity index (χ1) is 9.49. The van der Waals surface area contributed by atoms with E-state index in [1.807, 2.05) is 0 Å². The van der Waals surface area contributed by atoms with Gasteiger partial charge in [-0.3, -0.25) is 4.79 Å². The summed E-state index contributed by atoms with van der Waals surface area (Å²) in [5.74, 6) is -0.557.